The molecule has 160 valence electrons. The summed E-state index contributed by atoms with van der Waals surface area (Å²) in [6.07, 6.45) is 0.528. The van der Waals surface area contributed by atoms with Crippen LogP contribution in [0.2, 0.25) is 0 Å². The smallest absolute Gasteiger partial charge is 0.224 e. The minimum atomic E-state index is -0.441. The van der Waals surface area contributed by atoms with Gasteiger partial charge in [-0.25, -0.2) is 0 Å². The van der Waals surface area contributed by atoms with Crippen molar-refractivity contribution in [3.8, 4) is 0 Å². The van der Waals surface area contributed by atoms with Gasteiger partial charge in [-0.2, -0.15) is 0 Å². The van der Waals surface area contributed by atoms with Gasteiger partial charge in [0.1, 0.15) is 6.10 Å². The van der Waals surface area contributed by atoms with Crippen LogP contribution in [0.3, 0.4) is 0 Å². The van der Waals surface area contributed by atoms with Gasteiger partial charge < -0.3 is 14.2 Å². The first-order chi connectivity index (χ1) is 15.3. The Kier molecular flexibility index (Phi) is 7.45. The highest BCUT2D eigenvalue weighted by molar-refractivity contribution is 5.59. The van der Waals surface area contributed by atoms with E-state index < -0.39 is 6.10 Å². The first kappa shape index (κ1) is 21.2. The first-order valence-electron chi connectivity index (χ1n) is 10.5. The monoisotopic (exact) mass is 418 g/mol. The van der Waals surface area contributed by atoms with E-state index in [1.807, 2.05) is 91.0 Å². The molecule has 1 aliphatic rings. The molecule has 0 unspecified atom stereocenters. The maximum Gasteiger partial charge on any atom is 0.224 e. The maximum atomic E-state index is 10.3. The second-order valence-corrected chi connectivity index (χ2v) is 7.63. The number of ether oxygens (including phenoxy) is 3. The molecule has 0 radical (unpaired) electrons. The van der Waals surface area contributed by atoms with E-state index in [2.05, 4.69) is 0 Å². The Morgan fingerprint density at radius 2 is 1.10 bits per heavy atom. The SMILES string of the molecule is O[N+]1=C[C@H](OCc2ccccc2)[C@@H](OCc2ccccc2)[C@@H](OCc2ccccc2)C1. The van der Waals surface area contributed by atoms with Gasteiger partial charge in [-0.05, 0) is 21.4 Å². The highest BCUT2D eigenvalue weighted by atomic mass is 16.6. The number of rotatable bonds is 9. The Morgan fingerprint density at radius 3 is 1.61 bits per heavy atom. The van der Waals surface area contributed by atoms with Crippen molar-refractivity contribution in [1.82, 2.24) is 0 Å². The third-order valence-electron chi connectivity index (χ3n) is 5.25. The molecule has 0 aliphatic carbocycles. The number of hydrogen-bond donors (Lipinski definition) is 1. The normalized spacial score (nSPS) is 20.9. The van der Waals surface area contributed by atoms with Gasteiger partial charge in [0.05, 0.1) is 19.8 Å². The summed E-state index contributed by atoms with van der Waals surface area (Å²) in [7, 11) is 0. The molecule has 0 fully saturated rings. The molecule has 1 heterocycles. The first-order valence-corrected chi connectivity index (χ1v) is 10.5. The predicted octanol–water partition coefficient (Wildman–Crippen LogP) is 4.23. The van der Waals surface area contributed by atoms with E-state index in [0.29, 0.717) is 26.4 Å². The van der Waals surface area contributed by atoms with E-state index in [4.69, 9.17) is 14.2 Å². The lowest BCUT2D eigenvalue weighted by molar-refractivity contribution is -0.780. The van der Waals surface area contributed by atoms with Crippen LogP contribution >= 0.6 is 0 Å². The van der Waals surface area contributed by atoms with E-state index >= 15 is 0 Å². The molecule has 0 bridgehead atoms. The summed E-state index contributed by atoms with van der Waals surface area (Å²) in [5, 5.41) is 10.3. The largest absolute Gasteiger partial charge is 0.367 e. The van der Waals surface area contributed by atoms with Gasteiger partial charge in [0.25, 0.3) is 0 Å². The summed E-state index contributed by atoms with van der Waals surface area (Å²) < 4.78 is 19.8. The van der Waals surface area contributed by atoms with Crippen LogP contribution in [0, 0.1) is 0 Å². The van der Waals surface area contributed by atoms with E-state index in [1.165, 1.54) is 0 Å². The molecule has 3 atom stereocenters. The quantitative estimate of drug-likeness (QED) is 0.417. The third kappa shape index (κ3) is 6.25. The lowest BCUT2D eigenvalue weighted by Gasteiger charge is -2.31. The Morgan fingerprint density at radius 1 is 0.645 bits per heavy atom. The molecule has 3 aromatic rings. The van der Waals surface area contributed by atoms with Crippen molar-refractivity contribution in [3.05, 3.63) is 108 Å². The van der Waals surface area contributed by atoms with Gasteiger partial charge in [-0.1, -0.05) is 91.0 Å². The third-order valence-corrected chi connectivity index (χ3v) is 5.25. The van der Waals surface area contributed by atoms with Crippen LogP contribution in [0.1, 0.15) is 16.7 Å². The zero-order valence-corrected chi connectivity index (χ0v) is 17.4. The van der Waals surface area contributed by atoms with Crippen molar-refractivity contribution in [2.75, 3.05) is 6.54 Å². The summed E-state index contributed by atoms with van der Waals surface area (Å²) in [5.41, 5.74) is 3.22. The Bertz CT molecular complexity index is 947. The average Bonchev–Trinajstić information content (AvgIpc) is 2.82. The predicted molar refractivity (Wildman–Crippen MR) is 118 cm³/mol. The molecule has 5 heteroatoms. The number of hydroxylamine groups is 1. The zero-order valence-electron chi connectivity index (χ0n) is 17.4. The van der Waals surface area contributed by atoms with Crippen LogP contribution < -0.4 is 0 Å². The lowest BCUT2D eigenvalue weighted by Crippen LogP contribution is -2.52. The second kappa shape index (κ2) is 10.9. The molecule has 0 saturated heterocycles. The van der Waals surface area contributed by atoms with Gasteiger partial charge in [0.15, 0.2) is 12.2 Å². The van der Waals surface area contributed by atoms with Crippen LogP contribution in [0.5, 0.6) is 0 Å². The Labute approximate surface area is 183 Å². The van der Waals surface area contributed by atoms with E-state index in [0.717, 1.165) is 21.4 Å². The fraction of sp³-hybridized carbons (Fsp3) is 0.269. The fourth-order valence-electron chi connectivity index (χ4n) is 3.61. The standard InChI is InChI=1S/C26H28NO4/c28-27-16-24(29-18-21-10-4-1-5-11-21)26(31-20-23-14-8-3-9-15-23)25(17-27)30-19-22-12-6-2-7-13-22/h1-16,24-26,28H,17-20H2/q+1/t24-,25-,26+/m0/s1. The molecule has 4 rings (SSSR count). The highest BCUT2D eigenvalue weighted by Gasteiger charge is 2.41. The van der Waals surface area contributed by atoms with Crippen LogP contribution in [0.4, 0.5) is 0 Å². The average molecular weight is 419 g/mol. The fourth-order valence-corrected chi connectivity index (χ4v) is 3.61. The van der Waals surface area contributed by atoms with E-state index in [9.17, 15) is 5.21 Å². The van der Waals surface area contributed by atoms with Gasteiger partial charge in [-0.3, -0.25) is 5.21 Å². The van der Waals surface area contributed by atoms with Crippen molar-refractivity contribution in [2.24, 2.45) is 0 Å². The van der Waals surface area contributed by atoms with Gasteiger partial charge in [-0.15, -0.1) is 0 Å². The van der Waals surface area contributed by atoms with Crippen molar-refractivity contribution >= 4 is 6.21 Å². The highest BCUT2D eigenvalue weighted by Crippen LogP contribution is 2.20. The number of hydrogen-bond acceptors (Lipinski definition) is 4. The van der Waals surface area contributed by atoms with Gasteiger partial charge in [0, 0.05) is 0 Å². The van der Waals surface area contributed by atoms with E-state index in [-0.39, 0.29) is 12.2 Å². The molecule has 0 aromatic heterocycles. The number of nitrogens with zero attached hydrogens (tertiary/aromatic N) is 1. The molecule has 0 saturated carbocycles. The van der Waals surface area contributed by atoms with Crippen LogP contribution in [-0.4, -0.2) is 41.0 Å². The molecular weight excluding hydrogens is 390 g/mol. The molecule has 0 spiro atoms. The van der Waals surface area contributed by atoms with Crippen molar-refractivity contribution in [3.63, 3.8) is 0 Å². The second-order valence-electron chi connectivity index (χ2n) is 7.63. The molecule has 1 N–H and O–H groups in total. The van der Waals surface area contributed by atoms with Gasteiger partial charge in [0.2, 0.25) is 12.8 Å². The summed E-state index contributed by atoms with van der Waals surface area (Å²) in [6, 6.07) is 30.0. The molecule has 1 aliphatic heterocycles. The van der Waals surface area contributed by atoms with E-state index in [1.54, 1.807) is 6.21 Å². The van der Waals surface area contributed by atoms with Gasteiger partial charge >= 0.3 is 0 Å². The molecular formula is C26H28NO4+. The topological polar surface area (TPSA) is 50.9 Å². The Hall–Kier alpha value is -2.99. The van der Waals surface area contributed by atoms with Crippen molar-refractivity contribution in [2.45, 2.75) is 38.1 Å². The van der Waals surface area contributed by atoms with Crippen molar-refractivity contribution < 1.29 is 24.2 Å². The summed E-state index contributed by atoms with van der Waals surface area (Å²) in [4.78, 5) is 0. The molecule has 5 nitrogen and oxygen atoms in total. The van der Waals surface area contributed by atoms with Crippen LogP contribution in [-0.2, 0) is 34.0 Å². The lowest BCUT2D eigenvalue weighted by atomic mass is 10.0. The van der Waals surface area contributed by atoms with Crippen LogP contribution in [0.25, 0.3) is 0 Å². The Balaban J connectivity index is 1.47. The van der Waals surface area contributed by atoms with Crippen LogP contribution in [0.15, 0.2) is 91.0 Å². The molecule has 3 aromatic carbocycles. The summed E-state index contributed by atoms with van der Waals surface area (Å²) in [5.74, 6) is 0. The molecule has 0 amide bonds. The summed E-state index contributed by atoms with van der Waals surface area (Å²) >= 11 is 0. The maximum absolute atomic E-state index is 10.3. The summed E-state index contributed by atoms with van der Waals surface area (Å²) in [6.45, 7) is 1.63. The van der Waals surface area contributed by atoms with Crippen molar-refractivity contribution in [1.29, 1.82) is 0 Å². The zero-order chi connectivity index (χ0) is 21.3. The molecule has 31 heavy (non-hydrogen) atoms. The minimum Gasteiger partial charge on any atom is -0.367 e. The number of benzene rings is 3. The minimum absolute atomic E-state index is 0.317.